The fourth-order valence-electron chi connectivity index (χ4n) is 1.73. The molecule has 0 saturated heterocycles. The molecule has 1 aliphatic rings. The average molecular weight is 352 g/mol. The smallest absolute Gasteiger partial charge is 0.243 e. The minimum atomic E-state index is -3.90. The number of rotatable bonds is 6. The minimum Gasteiger partial charge on any atom is -0.399 e. The summed E-state index contributed by atoms with van der Waals surface area (Å²) in [5, 5.41) is 2.65. The van der Waals surface area contributed by atoms with Gasteiger partial charge in [0.2, 0.25) is 15.9 Å². The molecule has 2 rings (SSSR count). The van der Waals surface area contributed by atoms with Gasteiger partial charge in [-0.1, -0.05) is 23.2 Å². The molecule has 116 valence electrons. The monoisotopic (exact) mass is 351 g/mol. The first kappa shape index (κ1) is 16.4. The van der Waals surface area contributed by atoms with Crippen LogP contribution in [0.25, 0.3) is 0 Å². The van der Waals surface area contributed by atoms with E-state index in [9.17, 15) is 13.2 Å². The minimum absolute atomic E-state index is 0.0298. The van der Waals surface area contributed by atoms with Crippen molar-refractivity contribution in [3.05, 3.63) is 22.2 Å². The summed E-state index contributed by atoms with van der Waals surface area (Å²) in [6.45, 7) is -0.0298. The van der Waals surface area contributed by atoms with Gasteiger partial charge >= 0.3 is 0 Å². The van der Waals surface area contributed by atoms with E-state index in [1.165, 1.54) is 12.1 Å². The fraction of sp³-hybridized carbons (Fsp3) is 0.417. The zero-order chi connectivity index (χ0) is 15.6. The van der Waals surface area contributed by atoms with Crippen molar-refractivity contribution in [1.29, 1.82) is 0 Å². The number of carbonyl (C=O) groups is 1. The zero-order valence-corrected chi connectivity index (χ0v) is 13.4. The van der Waals surface area contributed by atoms with Gasteiger partial charge in [-0.05, 0) is 25.0 Å². The number of nitrogens with two attached hydrogens (primary N) is 1. The zero-order valence-electron chi connectivity index (χ0n) is 11.0. The van der Waals surface area contributed by atoms with Gasteiger partial charge in [-0.25, -0.2) is 13.1 Å². The summed E-state index contributed by atoms with van der Waals surface area (Å²) < 4.78 is 26.6. The average Bonchev–Trinajstić information content (AvgIpc) is 3.10. The third-order valence-electron chi connectivity index (χ3n) is 2.88. The molecule has 0 aromatic heterocycles. The highest BCUT2D eigenvalue weighted by molar-refractivity contribution is 7.89. The summed E-state index contributed by atoms with van der Waals surface area (Å²) in [7, 11) is -3.90. The Labute approximate surface area is 133 Å². The molecular weight excluding hydrogens is 337 g/mol. The lowest BCUT2D eigenvalue weighted by Gasteiger charge is -2.11. The van der Waals surface area contributed by atoms with Gasteiger partial charge in [-0.2, -0.15) is 0 Å². The van der Waals surface area contributed by atoms with E-state index in [1.54, 1.807) is 0 Å². The van der Waals surface area contributed by atoms with E-state index in [0.29, 0.717) is 0 Å². The molecule has 6 nitrogen and oxygen atoms in total. The second kappa shape index (κ2) is 6.39. The summed E-state index contributed by atoms with van der Waals surface area (Å²) in [5.41, 5.74) is 5.80. The van der Waals surface area contributed by atoms with Gasteiger partial charge in [0.25, 0.3) is 0 Å². The van der Waals surface area contributed by atoms with E-state index in [4.69, 9.17) is 28.9 Å². The molecule has 0 radical (unpaired) electrons. The first-order valence-electron chi connectivity index (χ1n) is 6.33. The van der Waals surface area contributed by atoms with Crippen molar-refractivity contribution in [2.24, 2.45) is 0 Å². The van der Waals surface area contributed by atoms with Gasteiger partial charge < -0.3 is 11.1 Å². The molecule has 0 unspecified atom stereocenters. The fourth-order valence-corrected chi connectivity index (χ4v) is 3.99. The van der Waals surface area contributed by atoms with Gasteiger partial charge in [0.1, 0.15) is 4.90 Å². The summed E-state index contributed by atoms with van der Waals surface area (Å²) in [5.74, 6) is -0.185. The van der Waals surface area contributed by atoms with E-state index < -0.39 is 10.0 Å². The summed E-state index contributed by atoms with van der Waals surface area (Å²) in [4.78, 5) is 11.2. The molecule has 21 heavy (non-hydrogen) atoms. The van der Waals surface area contributed by atoms with Crippen LogP contribution in [0.5, 0.6) is 0 Å². The molecule has 1 amide bonds. The van der Waals surface area contributed by atoms with Crippen LogP contribution in [0.1, 0.15) is 19.3 Å². The summed E-state index contributed by atoms with van der Waals surface area (Å²) in [6.07, 6.45) is 2.02. The summed E-state index contributed by atoms with van der Waals surface area (Å²) >= 11 is 11.8. The number of benzene rings is 1. The largest absolute Gasteiger partial charge is 0.399 e. The Morgan fingerprint density at radius 3 is 2.38 bits per heavy atom. The number of halogens is 2. The highest BCUT2D eigenvalue weighted by Gasteiger charge is 2.24. The number of amides is 1. The van der Waals surface area contributed by atoms with E-state index >= 15 is 0 Å². The normalized spacial score (nSPS) is 15.0. The maximum atomic E-state index is 12.1. The van der Waals surface area contributed by atoms with Crippen molar-refractivity contribution in [3.63, 3.8) is 0 Å². The SMILES string of the molecule is Nc1cc(Cl)c(S(=O)(=O)NCCC(=O)NC2CC2)c(Cl)c1. The van der Waals surface area contributed by atoms with Crippen molar-refractivity contribution in [2.75, 3.05) is 12.3 Å². The maximum absolute atomic E-state index is 12.1. The van der Waals surface area contributed by atoms with Crippen LogP contribution >= 0.6 is 23.2 Å². The second-order valence-corrected chi connectivity index (χ2v) is 7.32. The van der Waals surface area contributed by atoms with Crippen molar-refractivity contribution < 1.29 is 13.2 Å². The molecule has 1 aromatic carbocycles. The molecule has 0 bridgehead atoms. The topological polar surface area (TPSA) is 101 Å². The van der Waals surface area contributed by atoms with E-state index in [1.807, 2.05) is 0 Å². The number of anilines is 1. The van der Waals surface area contributed by atoms with Crippen LogP contribution in [0.3, 0.4) is 0 Å². The van der Waals surface area contributed by atoms with Crippen molar-refractivity contribution in [2.45, 2.75) is 30.2 Å². The lowest BCUT2D eigenvalue weighted by Crippen LogP contribution is -2.32. The van der Waals surface area contributed by atoms with Gasteiger partial charge in [0, 0.05) is 24.7 Å². The number of nitrogens with one attached hydrogen (secondary N) is 2. The Hall–Kier alpha value is -1.02. The molecule has 1 aliphatic carbocycles. The Bertz CT molecular complexity index is 637. The van der Waals surface area contributed by atoms with Crippen LogP contribution in [0.2, 0.25) is 10.0 Å². The highest BCUT2D eigenvalue weighted by atomic mass is 35.5. The molecule has 4 N–H and O–H groups in total. The van der Waals surface area contributed by atoms with E-state index in [0.717, 1.165) is 12.8 Å². The Kier molecular flexibility index (Phi) is 4.98. The second-order valence-electron chi connectivity index (χ2n) is 4.80. The Morgan fingerprint density at radius 1 is 1.29 bits per heavy atom. The van der Waals surface area contributed by atoms with Crippen molar-refractivity contribution in [1.82, 2.24) is 10.0 Å². The molecule has 9 heteroatoms. The number of hydrogen-bond donors (Lipinski definition) is 3. The Morgan fingerprint density at radius 2 is 1.86 bits per heavy atom. The van der Waals surface area contributed by atoms with Crippen LogP contribution < -0.4 is 15.8 Å². The molecule has 0 atom stereocenters. The first-order valence-corrected chi connectivity index (χ1v) is 8.57. The standard InChI is InChI=1S/C12H15Cl2N3O3S/c13-9-5-7(15)6-10(14)12(9)21(19,20)16-4-3-11(18)17-8-1-2-8/h5-6,8,16H,1-4,15H2,(H,17,18). The van der Waals surface area contributed by atoms with Crippen molar-refractivity contribution >= 4 is 44.8 Å². The van der Waals surface area contributed by atoms with Crippen LogP contribution in [0.4, 0.5) is 5.69 Å². The van der Waals surface area contributed by atoms with Crippen LogP contribution in [-0.2, 0) is 14.8 Å². The lowest BCUT2D eigenvalue weighted by molar-refractivity contribution is -0.121. The maximum Gasteiger partial charge on any atom is 0.243 e. The van der Waals surface area contributed by atoms with Gasteiger partial charge in [-0.15, -0.1) is 0 Å². The highest BCUT2D eigenvalue weighted by Crippen LogP contribution is 2.31. The molecule has 1 aromatic rings. The van der Waals surface area contributed by atoms with Gasteiger partial charge in [0.05, 0.1) is 10.0 Å². The first-order chi connectivity index (χ1) is 9.79. The molecule has 1 fully saturated rings. The van der Waals surface area contributed by atoms with Crippen molar-refractivity contribution in [3.8, 4) is 0 Å². The number of sulfonamides is 1. The third kappa shape index (κ3) is 4.47. The van der Waals surface area contributed by atoms with Gasteiger partial charge in [-0.3, -0.25) is 4.79 Å². The number of nitrogen functional groups attached to an aromatic ring is 1. The predicted octanol–water partition coefficient (Wildman–Crippen LogP) is 1.52. The van der Waals surface area contributed by atoms with E-state index in [-0.39, 0.29) is 45.5 Å². The third-order valence-corrected chi connectivity index (χ3v) is 5.26. The quantitative estimate of drug-likeness (QED) is 0.676. The molecule has 0 spiro atoms. The van der Waals surface area contributed by atoms with Crippen LogP contribution in [0, 0.1) is 0 Å². The molecule has 0 heterocycles. The predicted molar refractivity (Wildman–Crippen MR) is 81.8 cm³/mol. The molecule has 0 aliphatic heterocycles. The van der Waals surface area contributed by atoms with Crippen LogP contribution in [-0.4, -0.2) is 26.9 Å². The van der Waals surface area contributed by atoms with Crippen LogP contribution in [0.15, 0.2) is 17.0 Å². The van der Waals surface area contributed by atoms with E-state index in [2.05, 4.69) is 10.0 Å². The Balaban J connectivity index is 1.99. The number of hydrogen-bond acceptors (Lipinski definition) is 4. The molecule has 1 saturated carbocycles. The van der Waals surface area contributed by atoms with Gasteiger partial charge in [0.15, 0.2) is 0 Å². The lowest BCUT2D eigenvalue weighted by atomic mass is 10.3. The summed E-state index contributed by atoms with van der Waals surface area (Å²) in [6, 6.07) is 2.86. The molecular formula is C12H15Cl2N3O3S. The number of carbonyl (C=O) groups excluding carboxylic acids is 1.